The van der Waals surface area contributed by atoms with E-state index in [9.17, 15) is 4.79 Å². The van der Waals surface area contributed by atoms with Gasteiger partial charge in [-0.15, -0.1) is 0 Å². The van der Waals surface area contributed by atoms with E-state index in [1.807, 2.05) is 12.1 Å². The highest BCUT2D eigenvalue weighted by Crippen LogP contribution is 2.22. The molecule has 2 aromatic rings. The number of rotatable bonds is 3. The molecule has 0 unspecified atom stereocenters. The van der Waals surface area contributed by atoms with Gasteiger partial charge in [-0.3, -0.25) is 0 Å². The van der Waals surface area contributed by atoms with Gasteiger partial charge in [-0.2, -0.15) is 0 Å². The van der Waals surface area contributed by atoms with Crippen LogP contribution in [0.15, 0.2) is 56.2 Å². The lowest BCUT2D eigenvalue weighted by molar-refractivity contribution is -0.130. The summed E-state index contributed by atoms with van der Waals surface area (Å²) in [5, 5.41) is 0. The normalized spacial score (nSPS) is 16.0. The third kappa shape index (κ3) is 2.90. The average Bonchev–Trinajstić information content (AvgIpc) is 3.07. The van der Waals surface area contributed by atoms with Crippen LogP contribution in [0.3, 0.4) is 0 Å². The van der Waals surface area contributed by atoms with Crippen LogP contribution in [0, 0.1) is 0 Å². The number of cyclic esters (lactones) is 1. The summed E-state index contributed by atoms with van der Waals surface area (Å²) < 4.78 is 16.0. The molecule has 0 radical (unpaired) electrons. The fraction of sp³-hybridized carbons (Fsp3) is 0.0667. The van der Waals surface area contributed by atoms with Gasteiger partial charge in [-0.25, -0.2) is 9.79 Å². The molecule has 0 saturated carbocycles. The van der Waals surface area contributed by atoms with Crippen molar-refractivity contribution < 1.29 is 18.7 Å². The van der Waals surface area contributed by atoms with Crippen molar-refractivity contribution in [1.82, 2.24) is 0 Å². The van der Waals surface area contributed by atoms with Crippen molar-refractivity contribution in [1.29, 1.82) is 0 Å². The second-order valence-electron chi connectivity index (χ2n) is 4.21. The van der Waals surface area contributed by atoms with Gasteiger partial charge in [-0.1, -0.05) is 12.1 Å². The standard InChI is InChI=1S/C15H10BrNO4/c1-19-10-4-2-9(3-5-10)8-11-15(18)21-14(17-11)12-6-7-13(16)20-12/h2-8H,1H3/b11-8+. The van der Waals surface area contributed by atoms with E-state index in [0.29, 0.717) is 10.4 Å². The lowest BCUT2D eigenvalue weighted by atomic mass is 10.2. The van der Waals surface area contributed by atoms with Crippen LogP contribution in [-0.2, 0) is 9.53 Å². The Morgan fingerprint density at radius 3 is 2.57 bits per heavy atom. The molecule has 0 fully saturated rings. The third-order valence-corrected chi connectivity index (χ3v) is 3.25. The second kappa shape index (κ2) is 5.57. The largest absolute Gasteiger partial charge is 0.497 e. The average molecular weight is 348 g/mol. The molecule has 0 amide bonds. The zero-order chi connectivity index (χ0) is 14.8. The Labute approximate surface area is 129 Å². The molecule has 0 spiro atoms. The number of nitrogens with zero attached hydrogens (tertiary/aromatic N) is 1. The Morgan fingerprint density at radius 2 is 1.95 bits per heavy atom. The predicted molar refractivity (Wildman–Crippen MR) is 80.0 cm³/mol. The lowest BCUT2D eigenvalue weighted by Gasteiger charge is -1.99. The molecule has 6 heteroatoms. The smallest absolute Gasteiger partial charge is 0.363 e. The van der Waals surface area contributed by atoms with Crippen molar-refractivity contribution in [3.8, 4) is 5.75 Å². The quantitative estimate of drug-likeness (QED) is 0.630. The number of benzene rings is 1. The maximum absolute atomic E-state index is 11.8. The first-order valence-corrected chi connectivity index (χ1v) is 6.87. The summed E-state index contributed by atoms with van der Waals surface area (Å²) >= 11 is 3.19. The van der Waals surface area contributed by atoms with E-state index >= 15 is 0 Å². The summed E-state index contributed by atoms with van der Waals surface area (Å²) in [6.45, 7) is 0. The van der Waals surface area contributed by atoms with E-state index in [1.165, 1.54) is 0 Å². The van der Waals surface area contributed by atoms with Crippen LogP contribution in [-0.4, -0.2) is 19.0 Å². The van der Waals surface area contributed by atoms with Crippen LogP contribution in [0.5, 0.6) is 5.75 Å². The number of ether oxygens (including phenoxy) is 2. The molecule has 3 rings (SSSR count). The Bertz CT molecular complexity index is 743. The van der Waals surface area contributed by atoms with E-state index in [1.54, 1.807) is 37.5 Å². The zero-order valence-corrected chi connectivity index (χ0v) is 12.6. The summed E-state index contributed by atoms with van der Waals surface area (Å²) in [7, 11) is 1.60. The number of carbonyl (C=O) groups is 1. The molecule has 1 aromatic carbocycles. The first-order valence-electron chi connectivity index (χ1n) is 6.08. The number of furan rings is 1. The second-order valence-corrected chi connectivity index (χ2v) is 4.99. The van der Waals surface area contributed by atoms with Gasteiger partial charge in [0, 0.05) is 0 Å². The minimum absolute atomic E-state index is 0.158. The van der Waals surface area contributed by atoms with Gasteiger partial charge in [0.1, 0.15) is 5.75 Å². The molecule has 0 saturated heterocycles. The van der Waals surface area contributed by atoms with Crippen molar-refractivity contribution in [3.05, 3.63) is 58.1 Å². The molecular formula is C15H10BrNO4. The van der Waals surface area contributed by atoms with Crippen LogP contribution < -0.4 is 4.74 Å². The minimum atomic E-state index is -0.506. The Balaban J connectivity index is 1.88. The molecule has 0 N–H and O–H groups in total. The zero-order valence-electron chi connectivity index (χ0n) is 11.0. The van der Waals surface area contributed by atoms with Crippen molar-refractivity contribution in [3.63, 3.8) is 0 Å². The molecule has 0 bridgehead atoms. The monoisotopic (exact) mass is 347 g/mol. The fourth-order valence-corrected chi connectivity index (χ4v) is 2.11. The molecule has 5 nitrogen and oxygen atoms in total. The highest BCUT2D eigenvalue weighted by molar-refractivity contribution is 9.10. The van der Waals surface area contributed by atoms with Crippen LogP contribution in [0.4, 0.5) is 0 Å². The molecular weight excluding hydrogens is 338 g/mol. The number of hydrogen-bond donors (Lipinski definition) is 0. The van der Waals surface area contributed by atoms with Crippen molar-refractivity contribution in [2.45, 2.75) is 0 Å². The Kier molecular flexibility index (Phi) is 3.62. The number of esters is 1. The van der Waals surface area contributed by atoms with E-state index in [4.69, 9.17) is 13.9 Å². The van der Waals surface area contributed by atoms with Gasteiger partial charge < -0.3 is 13.9 Å². The molecule has 1 aromatic heterocycles. The number of halogens is 1. The molecule has 21 heavy (non-hydrogen) atoms. The number of carbonyl (C=O) groups excluding carboxylic acids is 1. The van der Waals surface area contributed by atoms with Crippen LogP contribution in [0.2, 0.25) is 0 Å². The van der Waals surface area contributed by atoms with Crippen molar-refractivity contribution in [2.75, 3.05) is 7.11 Å². The summed E-state index contributed by atoms with van der Waals surface area (Å²) in [5.74, 6) is 0.794. The first kappa shape index (κ1) is 13.6. The fourth-order valence-electron chi connectivity index (χ4n) is 1.80. The number of aliphatic imine (C=N–C) groups is 1. The Morgan fingerprint density at radius 1 is 1.19 bits per heavy atom. The van der Waals surface area contributed by atoms with Crippen LogP contribution >= 0.6 is 15.9 Å². The summed E-state index contributed by atoms with van der Waals surface area (Å²) in [6, 6.07) is 10.7. The maximum Gasteiger partial charge on any atom is 0.363 e. The Hall–Kier alpha value is -2.34. The van der Waals surface area contributed by atoms with Gasteiger partial charge >= 0.3 is 5.97 Å². The van der Waals surface area contributed by atoms with Crippen LogP contribution in [0.25, 0.3) is 6.08 Å². The van der Waals surface area contributed by atoms with Crippen molar-refractivity contribution >= 4 is 33.9 Å². The molecule has 1 aliphatic rings. The maximum atomic E-state index is 11.8. The molecule has 0 aliphatic carbocycles. The van der Waals surface area contributed by atoms with E-state index < -0.39 is 5.97 Å². The van der Waals surface area contributed by atoms with Gasteiger partial charge in [0.05, 0.1) is 7.11 Å². The number of methoxy groups -OCH3 is 1. The van der Waals surface area contributed by atoms with E-state index in [0.717, 1.165) is 11.3 Å². The highest BCUT2D eigenvalue weighted by atomic mass is 79.9. The predicted octanol–water partition coefficient (Wildman–Crippen LogP) is 3.40. The molecule has 2 heterocycles. The lowest BCUT2D eigenvalue weighted by Crippen LogP contribution is -2.04. The number of hydrogen-bond acceptors (Lipinski definition) is 5. The van der Waals surface area contributed by atoms with Crippen LogP contribution in [0.1, 0.15) is 11.3 Å². The van der Waals surface area contributed by atoms with Gasteiger partial charge in [0.15, 0.2) is 16.1 Å². The molecule has 0 atom stereocenters. The molecule has 106 valence electrons. The SMILES string of the molecule is COc1ccc(/C=C2/N=C(c3ccc(Br)o3)OC2=O)cc1. The minimum Gasteiger partial charge on any atom is -0.497 e. The van der Waals surface area contributed by atoms with E-state index in [-0.39, 0.29) is 11.6 Å². The van der Waals surface area contributed by atoms with Gasteiger partial charge in [-0.05, 0) is 51.8 Å². The highest BCUT2D eigenvalue weighted by Gasteiger charge is 2.26. The van der Waals surface area contributed by atoms with Gasteiger partial charge in [0.2, 0.25) is 0 Å². The van der Waals surface area contributed by atoms with Crippen molar-refractivity contribution in [2.24, 2.45) is 4.99 Å². The summed E-state index contributed by atoms with van der Waals surface area (Å²) in [6.07, 6.45) is 1.65. The first-order chi connectivity index (χ1) is 10.2. The topological polar surface area (TPSA) is 61.0 Å². The summed E-state index contributed by atoms with van der Waals surface area (Å²) in [4.78, 5) is 16.0. The molecule has 1 aliphatic heterocycles. The van der Waals surface area contributed by atoms with Gasteiger partial charge in [0.25, 0.3) is 5.90 Å². The third-order valence-electron chi connectivity index (χ3n) is 2.82. The summed E-state index contributed by atoms with van der Waals surface area (Å²) in [5.41, 5.74) is 1.05. The van der Waals surface area contributed by atoms with E-state index in [2.05, 4.69) is 20.9 Å².